The standard InChI is InChI=1S/C8H12Cl2N2O2S/c1-6-7(5-9)8(10)12(11-6)3-4-15(2,13)14/h3-5H2,1-2H3. The molecule has 0 saturated carbocycles. The van der Waals surface area contributed by atoms with E-state index in [0.29, 0.717) is 5.15 Å². The topological polar surface area (TPSA) is 52.0 Å². The lowest BCUT2D eigenvalue weighted by molar-refractivity contribution is 0.585. The van der Waals surface area contributed by atoms with Gasteiger partial charge in [0.05, 0.1) is 23.9 Å². The molecular weight excluding hydrogens is 259 g/mol. The van der Waals surface area contributed by atoms with Crippen LogP contribution in [-0.2, 0) is 22.3 Å². The van der Waals surface area contributed by atoms with E-state index in [-0.39, 0.29) is 18.2 Å². The van der Waals surface area contributed by atoms with Gasteiger partial charge in [-0.15, -0.1) is 11.6 Å². The minimum Gasteiger partial charge on any atom is -0.252 e. The molecule has 0 spiro atoms. The lowest BCUT2D eigenvalue weighted by Gasteiger charge is -2.01. The molecule has 0 amide bonds. The van der Waals surface area contributed by atoms with Crippen molar-refractivity contribution in [3.63, 3.8) is 0 Å². The van der Waals surface area contributed by atoms with Crippen molar-refractivity contribution in [1.82, 2.24) is 9.78 Å². The van der Waals surface area contributed by atoms with Crippen molar-refractivity contribution in [3.8, 4) is 0 Å². The van der Waals surface area contributed by atoms with Gasteiger partial charge in [0.1, 0.15) is 15.0 Å². The molecule has 1 heterocycles. The average molecular weight is 271 g/mol. The fourth-order valence-corrected chi connectivity index (χ4v) is 2.36. The molecule has 1 aromatic rings. The van der Waals surface area contributed by atoms with E-state index < -0.39 is 9.84 Å². The normalized spacial score (nSPS) is 12.0. The van der Waals surface area contributed by atoms with E-state index in [9.17, 15) is 8.42 Å². The van der Waals surface area contributed by atoms with Crippen molar-refractivity contribution >= 4 is 33.0 Å². The molecule has 1 aromatic heterocycles. The molecule has 0 aliphatic carbocycles. The van der Waals surface area contributed by atoms with E-state index in [1.54, 1.807) is 6.92 Å². The Hall–Kier alpha value is -0.260. The monoisotopic (exact) mass is 270 g/mol. The summed E-state index contributed by atoms with van der Waals surface area (Å²) >= 11 is 11.7. The van der Waals surface area contributed by atoms with Crippen molar-refractivity contribution in [2.24, 2.45) is 0 Å². The molecule has 0 saturated heterocycles. The van der Waals surface area contributed by atoms with Crippen molar-refractivity contribution in [3.05, 3.63) is 16.4 Å². The Morgan fingerprint density at radius 1 is 1.47 bits per heavy atom. The van der Waals surface area contributed by atoms with Crippen LogP contribution in [0.4, 0.5) is 0 Å². The second-order valence-corrected chi connectivity index (χ2v) is 6.23. The molecule has 0 bridgehead atoms. The third-order valence-electron chi connectivity index (χ3n) is 1.99. The van der Waals surface area contributed by atoms with Crippen LogP contribution in [0, 0.1) is 6.92 Å². The highest BCUT2D eigenvalue weighted by Crippen LogP contribution is 2.21. The van der Waals surface area contributed by atoms with Crippen LogP contribution in [0.5, 0.6) is 0 Å². The molecule has 0 atom stereocenters. The zero-order valence-corrected chi connectivity index (χ0v) is 10.8. The number of nitrogens with zero attached hydrogens (tertiary/aromatic N) is 2. The third-order valence-corrected chi connectivity index (χ3v) is 3.61. The Morgan fingerprint density at radius 3 is 2.47 bits per heavy atom. The first-order valence-electron chi connectivity index (χ1n) is 4.30. The predicted molar refractivity (Wildman–Crippen MR) is 61.2 cm³/mol. The molecule has 0 aromatic carbocycles. The number of aromatic nitrogens is 2. The van der Waals surface area contributed by atoms with Gasteiger partial charge in [0.25, 0.3) is 0 Å². The second kappa shape index (κ2) is 4.72. The van der Waals surface area contributed by atoms with E-state index in [1.165, 1.54) is 10.9 Å². The summed E-state index contributed by atoms with van der Waals surface area (Å²) in [5.41, 5.74) is 1.50. The van der Waals surface area contributed by atoms with Crippen LogP contribution in [-0.4, -0.2) is 30.2 Å². The van der Waals surface area contributed by atoms with E-state index in [0.717, 1.165) is 11.3 Å². The molecule has 0 aliphatic rings. The van der Waals surface area contributed by atoms with Gasteiger partial charge in [-0.3, -0.25) is 4.68 Å². The number of aryl methyl sites for hydroxylation is 2. The fraction of sp³-hybridized carbons (Fsp3) is 0.625. The van der Waals surface area contributed by atoms with Gasteiger partial charge in [-0.05, 0) is 6.92 Å². The Kier molecular flexibility index (Phi) is 4.03. The highest BCUT2D eigenvalue weighted by Gasteiger charge is 2.13. The average Bonchev–Trinajstić information content (AvgIpc) is 2.37. The molecule has 1 rings (SSSR count). The van der Waals surface area contributed by atoms with Gasteiger partial charge in [0, 0.05) is 11.8 Å². The van der Waals surface area contributed by atoms with Crippen LogP contribution >= 0.6 is 23.2 Å². The number of alkyl halides is 1. The number of hydrogen-bond donors (Lipinski definition) is 0. The van der Waals surface area contributed by atoms with Crippen molar-refractivity contribution < 1.29 is 8.42 Å². The van der Waals surface area contributed by atoms with Gasteiger partial charge in [0.15, 0.2) is 0 Å². The van der Waals surface area contributed by atoms with Gasteiger partial charge < -0.3 is 0 Å². The summed E-state index contributed by atoms with van der Waals surface area (Å²) in [6, 6.07) is 0. The molecule has 4 nitrogen and oxygen atoms in total. The fourth-order valence-electron chi connectivity index (χ4n) is 1.14. The van der Waals surface area contributed by atoms with Gasteiger partial charge in [-0.25, -0.2) is 8.42 Å². The van der Waals surface area contributed by atoms with E-state index >= 15 is 0 Å². The molecule has 0 unspecified atom stereocenters. The highest BCUT2D eigenvalue weighted by atomic mass is 35.5. The maximum Gasteiger partial charge on any atom is 0.149 e. The summed E-state index contributed by atoms with van der Waals surface area (Å²) in [5.74, 6) is 0.305. The van der Waals surface area contributed by atoms with Crippen LogP contribution in [0.1, 0.15) is 11.3 Å². The largest absolute Gasteiger partial charge is 0.252 e. The highest BCUT2D eigenvalue weighted by molar-refractivity contribution is 7.90. The minimum atomic E-state index is -3.00. The lowest BCUT2D eigenvalue weighted by Crippen LogP contribution is -2.12. The number of halogens is 2. The number of sulfone groups is 1. The molecular formula is C8H12Cl2N2O2S. The van der Waals surface area contributed by atoms with Gasteiger partial charge in [-0.2, -0.15) is 5.10 Å². The van der Waals surface area contributed by atoms with E-state index in [1.807, 2.05) is 0 Å². The molecule has 7 heteroatoms. The first-order valence-corrected chi connectivity index (χ1v) is 7.28. The summed E-state index contributed by atoms with van der Waals surface area (Å²) < 4.78 is 23.4. The smallest absolute Gasteiger partial charge is 0.149 e. The number of rotatable bonds is 4. The zero-order valence-electron chi connectivity index (χ0n) is 8.50. The zero-order chi connectivity index (χ0) is 11.6. The molecule has 15 heavy (non-hydrogen) atoms. The molecule has 0 aliphatic heterocycles. The maximum absolute atomic E-state index is 11.0. The predicted octanol–water partition coefficient (Wildman–Crippen LogP) is 1.63. The quantitative estimate of drug-likeness (QED) is 0.782. The first kappa shape index (κ1) is 12.8. The van der Waals surface area contributed by atoms with Crippen LogP contribution in [0.25, 0.3) is 0 Å². The molecule has 86 valence electrons. The van der Waals surface area contributed by atoms with Crippen LogP contribution in [0.2, 0.25) is 5.15 Å². The summed E-state index contributed by atoms with van der Waals surface area (Å²) in [6.45, 7) is 2.05. The Morgan fingerprint density at radius 2 is 2.07 bits per heavy atom. The minimum absolute atomic E-state index is 0.0234. The Bertz CT molecular complexity index is 453. The van der Waals surface area contributed by atoms with Crippen LogP contribution in [0.3, 0.4) is 0 Å². The van der Waals surface area contributed by atoms with E-state index in [4.69, 9.17) is 23.2 Å². The summed E-state index contributed by atoms with van der Waals surface area (Å²) in [4.78, 5) is 0. The van der Waals surface area contributed by atoms with Gasteiger partial charge in [0.2, 0.25) is 0 Å². The maximum atomic E-state index is 11.0. The molecule has 0 fully saturated rings. The van der Waals surface area contributed by atoms with Crippen molar-refractivity contribution in [2.75, 3.05) is 12.0 Å². The first-order chi connectivity index (χ1) is 6.85. The number of hydrogen-bond acceptors (Lipinski definition) is 3. The Labute approximate surface area is 99.1 Å². The van der Waals surface area contributed by atoms with E-state index in [2.05, 4.69) is 5.10 Å². The molecule has 0 radical (unpaired) electrons. The molecule has 0 N–H and O–H groups in total. The van der Waals surface area contributed by atoms with Gasteiger partial charge >= 0.3 is 0 Å². The SMILES string of the molecule is Cc1nn(CCS(C)(=O)=O)c(Cl)c1CCl. The second-order valence-electron chi connectivity index (χ2n) is 3.34. The summed E-state index contributed by atoms with van der Waals surface area (Å²) in [6.07, 6.45) is 1.18. The Balaban J connectivity index is 2.88. The van der Waals surface area contributed by atoms with Crippen molar-refractivity contribution in [1.29, 1.82) is 0 Å². The van der Waals surface area contributed by atoms with Crippen molar-refractivity contribution in [2.45, 2.75) is 19.3 Å². The van der Waals surface area contributed by atoms with Crippen LogP contribution < -0.4 is 0 Å². The lowest BCUT2D eigenvalue weighted by atomic mass is 10.3. The van der Waals surface area contributed by atoms with Gasteiger partial charge in [-0.1, -0.05) is 11.6 Å². The third kappa shape index (κ3) is 3.36. The summed E-state index contributed by atoms with van der Waals surface area (Å²) in [7, 11) is -3.00. The summed E-state index contributed by atoms with van der Waals surface area (Å²) in [5, 5.41) is 4.54. The van der Waals surface area contributed by atoms with Crippen LogP contribution in [0.15, 0.2) is 0 Å².